The van der Waals surface area contributed by atoms with E-state index in [1.54, 1.807) is 55.5 Å². The summed E-state index contributed by atoms with van der Waals surface area (Å²) < 4.78 is 15.7. The third-order valence-electron chi connectivity index (χ3n) is 5.82. The normalized spacial score (nSPS) is 16.6. The number of methoxy groups -OCH3 is 2. The van der Waals surface area contributed by atoms with E-state index in [2.05, 4.69) is 4.98 Å². The fraction of sp³-hybridized carbons (Fsp3) is 0.259. The summed E-state index contributed by atoms with van der Waals surface area (Å²) in [7, 11) is 2.74. The Kier molecular flexibility index (Phi) is 7.58. The van der Waals surface area contributed by atoms with Crippen molar-refractivity contribution in [2.24, 2.45) is 0 Å². The Labute approximate surface area is 217 Å². The molecule has 1 amide bonds. The lowest BCUT2D eigenvalue weighted by atomic mass is 9.95. The van der Waals surface area contributed by atoms with Gasteiger partial charge in [0.2, 0.25) is 0 Å². The number of nitrogens with zero attached hydrogens (tertiary/aromatic N) is 2. The number of ketones is 1. The first-order valence-electron chi connectivity index (χ1n) is 11.5. The van der Waals surface area contributed by atoms with Crippen LogP contribution in [0.25, 0.3) is 5.76 Å². The second kappa shape index (κ2) is 10.8. The van der Waals surface area contributed by atoms with Crippen molar-refractivity contribution in [1.29, 1.82) is 0 Å². The van der Waals surface area contributed by atoms with Crippen LogP contribution in [0.5, 0.6) is 11.5 Å². The van der Waals surface area contributed by atoms with E-state index >= 15 is 0 Å². The maximum absolute atomic E-state index is 13.4. The number of Topliss-reactive ketones (excluding diaryl/α,β-unsaturated/α-hetero) is 1. The molecule has 1 aromatic heterocycles. The molecule has 37 heavy (non-hydrogen) atoms. The topological polar surface area (TPSA) is 115 Å². The molecule has 1 aliphatic rings. The number of esters is 1. The summed E-state index contributed by atoms with van der Waals surface area (Å²) in [6, 6.07) is 12.5. The fourth-order valence-electron chi connectivity index (χ4n) is 4.00. The van der Waals surface area contributed by atoms with Gasteiger partial charge in [-0.15, -0.1) is 0 Å². The Morgan fingerprint density at radius 1 is 1.11 bits per heavy atom. The largest absolute Gasteiger partial charge is 0.507 e. The van der Waals surface area contributed by atoms with Crippen LogP contribution in [0, 0.1) is 6.92 Å². The molecule has 2 heterocycles. The third kappa shape index (κ3) is 4.92. The predicted molar refractivity (Wildman–Crippen MR) is 138 cm³/mol. The Balaban J connectivity index is 1.89. The molecule has 4 rings (SSSR count). The Morgan fingerprint density at radius 2 is 1.84 bits per heavy atom. The van der Waals surface area contributed by atoms with Crippen molar-refractivity contribution < 1.29 is 33.7 Å². The van der Waals surface area contributed by atoms with Crippen LogP contribution in [-0.2, 0) is 14.3 Å². The number of aliphatic hydroxyl groups excluding tert-OH is 1. The SMILES string of the molecule is CCCOc1ccc(C2C(=C(O)c3cccc(OC)c3)C(=O)C(=O)N2c2nc(C)c(C(=O)OC)s2)cc1. The van der Waals surface area contributed by atoms with Crippen LogP contribution in [0.1, 0.15) is 45.9 Å². The molecule has 192 valence electrons. The first-order valence-corrected chi connectivity index (χ1v) is 12.4. The number of carbonyl (C=O) groups excluding carboxylic acids is 3. The molecule has 0 aliphatic carbocycles. The average Bonchev–Trinajstić information content (AvgIpc) is 3.43. The van der Waals surface area contributed by atoms with Crippen LogP contribution >= 0.6 is 11.3 Å². The number of rotatable bonds is 8. The molecule has 1 atom stereocenters. The van der Waals surface area contributed by atoms with Crippen LogP contribution in [0.3, 0.4) is 0 Å². The van der Waals surface area contributed by atoms with Crippen LogP contribution in [0.2, 0.25) is 0 Å². The van der Waals surface area contributed by atoms with Gasteiger partial charge < -0.3 is 19.3 Å². The monoisotopic (exact) mass is 522 g/mol. The van der Waals surface area contributed by atoms with E-state index in [0.717, 1.165) is 17.8 Å². The highest BCUT2D eigenvalue weighted by atomic mass is 32.1. The van der Waals surface area contributed by atoms with E-state index in [1.807, 2.05) is 6.92 Å². The maximum Gasteiger partial charge on any atom is 0.350 e. The number of aliphatic hydroxyl groups is 1. The minimum atomic E-state index is -0.998. The zero-order valence-electron chi connectivity index (χ0n) is 20.8. The summed E-state index contributed by atoms with van der Waals surface area (Å²) in [6.07, 6.45) is 0.842. The van der Waals surface area contributed by atoms with E-state index < -0.39 is 23.7 Å². The number of hydrogen-bond donors (Lipinski definition) is 1. The van der Waals surface area contributed by atoms with Crippen molar-refractivity contribution in [3.05, 3.63) is 75.8 Å². The summed E-state index contributed by atoms with van der Waals surface area (Å²) in [5.41, 5.74) is 1.13. The molecule has 0 saturated carbocycles. The first kappa shape index (κ1) is 25.9. The van der Waals surface area contributed by atoms with E-state index in [4.69, 9.17) is 14.2 Å². The summed E-state index contributed by atoms with van der Waals surface area (Å²) >= 11 is 0.942. The summed E-state index contributed by atoms with van der Waals surface area (Å²) in [4.78, 5) is 44.7. The van der Waals surface area contributed by atoms with Crippen LogP contribution in [0.4, 0.5) is 5.13 Å². The molecular formula is C27H26N2O7S. The smallest absolute Gasteiger partial charge is 0.350 e. The van der Waals surface area contributed by atoms with Gasteiger partial charge in [0, 0.05) is 5.56 Å². The molecule has 9 nitrogen and oxygen atoms in total. The first-order chi connectivity index (χ1) is 17.8. The highest BCUT2D eigenvalue weighted by Gasteiger charge is 2.48. The number of hydrogen-bond acceptors (Lipinski definition) is 9. The number of aryl methyl sites for hydroxylation is 1. The molecule has 1 aliphatic heterocycles. The van der Waals surface area contributed by atoms with Crippen molar-refractivity contribution in [3.8, 4) is 11.5 Å². The van der Waals surface area contributed by atoms with Crippen molar-refractivity contribution >= 4 is 39.9 Å². The van der Waals surface area contributed by atoms with Crippen molar-refractivity contribution in [2.45, 2.75) is 26.3 Å². The quantitative estimate of drug-likeness (QED) is 0.197. The molecule has 1 N–H and O–H groups in total. The van der Waals surface area contributed by atoms with Crippen molar-refractivity contribution in [1.82, 2.24) is 4.98 Å². The molecule has 1 unspecified atom stereocenters. The van der Waals surface area contributed by atoms with Gasteiger partial charge in [-0.05, 0) is 43.2 Å². The lowest BCUT2D eigenvalue weighted by Crippen LogP contribution is -2.29. The van der Waals surface area contributed by atoms with Crippen molar-refractivity contribution in [3.63, 3.8) is 0 Å². The minimum absolute atomic E-state index is 0.104. The minimum Gasteiger partial charge on any atom is -0.507 e. The van der Waals surface area contributed by atoms with Crippen LogP contribution < -0.4 is 14.4 Å². The van der Waals surface area contributed by atoms with Gasteiger partial charge in [-0.25, -0.2) is 9.78 Å². The van der Waals surface area contributed by atoms with E-state index in [0.29, 0.717) is 34.9 Å². The molecular weight excluding hydrogens is 496 g/mol. The number of ether oxygens (including phenoxy) is 3. The second-order valence-corrected chi connectivity index (χ2v) is 9.20. The zero-order chi connectivity index (χ0) is 26.7. The molecule has 3 aromatic rings. The van der Waals surface area contributed by atoms with Gasteiger partial charge in [-0.3, -0.25) is 14.5 Å². The maximum atomic E-state index is 13.4. The number of thiazole rings is 1. The summed E-state index contributed by atoms with van der Waals surface area (Å²) in [5, 5.41) is 11.4. The van der Waals surface area contributed by atoms with Gasteiger partial charge in [0.1, 0.15) is 22.1 Å². The molecule has 0 radical (unpaired) electrons. The summed E-state index contributed by atoms with van der Waals surface area (Å²) in [5.74, 6) is -1.57. The summed E-state index contributed by atoms with van der Waals surface area (Å²) in [6.45, 7) is 4.16. The molecule has 0 bridgehead atoms. The fourth-order valence-corrected chi connectivity index (χ4v) is 5.02. The van der Waals surface area contributed by atoms with Gasteiger partial charge in [-0.1, -0.05) is 42.5 Å². The van der Waals surface area contributed by atoms with Crippen molar-refractivity contribution in [2.75, 3.05) is 25.7 Å². The predicted octanol–water partition coefficient (Wildman–Crippen LogP) is 4.66. The molecule has 0 spiro atoms. The molecule has 1 fully saturated rings. The molecule has 2 aromatic carbocycles. The van der Waals surface area contributed by atoms with Gasteiger partial charge in [0.15, 0.2) is 5.13 Å². The van der Waals surface area contributed by atoms with Gasteiger partial charge in [0.25, 0.3) is 5.78 Å². The second-order valence-electron chi connectivity index (χ2n) is 8.22. The van der Waals surface area contributed by atoms with Gasteiger partial charge in [0.05, 0.1) is 38.1 Å². The number of aromatic nitrogens is 1. The lowest BCUT2D eigenvalue weighted by molar-refractivity contribution is -0.132. The van der Waals surface area contributed by atoms with Gasteiger partial charge in [-0.2, -0.15) is 0 Å². The Bertz CT molecular complexity index is 1380. The van der Waals surface area contributed by atoms with E-state index in [-0.39, 0.29) is 21.3 Å². The lowest BCUT2D eigenvalue weighted by Gasteiger charge is -2.23. The third-order valence-corrected chi connectivity index (χ3v) is 6.96. The van der Waals surface area contributed by atoms with E-state index in [1.165, 1.54) is 19.1 Å². The van der Waals surface area contributed by atoms with Gasteiger partial charge >= 0.3 is 11.9 Å². The average molecular weight is 523 g/mol. The molecule has 10 heteroatoms. The van der Waals surface area contributed by atoms with Crippen LogP contribution in [0.15, 0.2) is 54.1 Å². The van der Waals surface area contributed by atoms with Crippen LogP contribution in [-0.4, -0.2) is 48.6 Å². The number of anilines is 1. The van der Waals surface area contributed by atoms with E-state index in [9.17, 15) is 19.5 Å². The number of carbonyl (C=O) groups is 3. The molecule has 1 saturated heterocycles. The number of benzene rings is 2. The Hall–Kier alpha value is -4.18. The number of amides is 1. The zero-order valence-corrected chi connectivity index (χ0v) is 21.6. The highest BCUT2D eigenvalue weighted by Crippen LogP contribution is 2.44. The Morgan fingerprint density at radius 3 is 2.49 bits per heavy atom. The standard InChI is InChI=1S/C27H26N2O7S/c1-5-13-36-18-11-9-16(10-12-18)21-20(22(30)17-7-6-8-19(14-17)34-3)23(31)25(32)29(21)27-28-15(2)24(37-27)26(33)35-4/h6-12,14,21,30H,5,13H2,1-4H3. The highest BCUT2D eigenvalue weighted by molar-refractivity contribution is 7.17.